The van der Waals surface area contributed by atoms with Crippen LogP contribution in [-0.4, -0.2) is 11.3 Å². The van der Waals surface area contributed by atoms with E-state index in [1.807, 2.05) is 42.5 Å². The Hall–Kier alpha value is -2.57. The van der Waals surface area contributed by atoms with Gasteiger partial charge in [-0.25, -0.2) is 0 Å². The van der Waals surface area contributed by atoms with Crippen molar-refractivity contribution in [3.63, 3.8) is 0 Å². The van der Waals surface area contributed by atoms with Gasteiger partial charge in [-0.2, -0.15) is 5.10 Å². The molecule has 25 heavy (non-hydrogen) atoms. The minimum absolute atomic E-state index is 0.420. The van der Waals surface area contributed by atoms with Gasteiger partial charge in [0.05, 0.1) is 6.21 Å². The van der Waals surface area contributed by atoms with E-state index >= 15 is 0 Å². The van der Waals surface area contributed by atoms with Gasteiger partial charge in [0, 0.05) is 10.6 Å². The predicted molar refractivity (Wildman–Crippen MR) is 107 cm³/mol. The Balaban J connectivity index is 1.51. The lowest BCUT2D eigenvalue weighted by molar-refractivity contribution is 0.469. The van der Waals surface area contributed by atoms with Gasteiger partial charge in [0.15, 0.2) is 10.2 Å². The second kappa shape index (κ2) is 8.50. The summed E-state index contributed by atoms with van der Waals surface area (Å²) >= 11 is 6.75. The number of hydrogen-bond acceptors (Lipinski definition) is 4. The number of anilines is 1. The summed E-state index contributed by atoms with van der Waals surface area (Å²) in [6, 6.07) is 21.8. The van der Waals surface area contributed by atoms with Crippen LogP contribution in [0.2, 0.25) is 0 Å². The van der Waals surface area contributed by atoms with E-state index in [0.29, 0.717) is 10.9 Å². The maximum absolute atomic E-state index is 5.73. The molecule has 2 N–H and O–H groups in total. The van der Waals surface area contributed by atoms with E-state index in [1.165, 1.54) is 5.56 Å². The van der Waals surface area contributed by atoms with Crippen LogP contribution in [0.3, 0.4) is 0 Å². The summed E-state index contributed by atoms with van der Waals surface area (Å²) < 4.78 is 5.73. The van der Waals surface area contributed by atoms with Gasteiger partial charge >= 0.3 is 0 Å². The van der Waals surface area contributed by atoms with Gasteiger partial charge in [0.25, 0.3) is 0 Å². The first-order valence-electron chi connectivity index (χ1n) is 7.68. The Morgan fingerprint density at radius 3 is 2.56 bits per heavy atom. The molecule has 6 heteroatoms. The van der Waals surface area contributed by atoms with E-state index < -0.39 is 0 Å². The van der Waals surface area contributed by atoms with Crippen molar-refractivity contribution in [2.24, 2.45) is 5.10 Å². The number of aryl methyl sites for hydroxylation is 1. The molecule has 0 radical (unpaired) electrons. The minimum Gasteiger partial charge on any atom is -0.448 e. The summed E-state index contributed by atoms with van der Waals surface area (Å²) in [5.74, 6) is 0.657. The average Bonchev–Trinajstić information content (AvgIpc) is 3.05. The molecule has 0 bridgehead atoms. The SMILES string of the molecule is Cc1ccc(Sc2ccc(/C=N\NC(=S)Nc3ccccc3)o2)cc1. The Bertz CT molecular complexity index is 858. The van der Waals surface area contributed by atoms with Gasteiger partial charge in [-0.05, 0) is 55.5 Å². The van der Waals surface area contributed by atoms with E-state index in [2.05, 4.69) is 47.0 Å². The van der Waals surface area contributed by atoms with Gasteiger partial charge < -0.3 is 9.73 Å². The van der Waals surface area contributed by atoms with Crippen molar-refractivity contribution in [1.29, 1.82) is 0 Å². The van der Waals surface area contributed by atoms with E-state index in [0.717, 1.165) is 15.7 Å². The second-order valence-electron chi connectivity index (χ2n) is 5.26. The monoisotopic (exact) mass is 367 g/mol. The molecule has 0 saturated carbocycles. The van der Waals surface area contributed by atoms with Crippen molar-refractivity contribution in [2.45, 2.75) is 16.9 Å². The number of benzene rings is 2. The molecule has 1 heterocycles. The molecule has 4 nitrogen and oxygen atoms in total. The molecular formula is C19H17N3OS2. The maximum Gasteiger partial charge on any atom is 0.191 e. The zero-order valence-electron chi connectivity index (χ0n) is 13.6. The number of furan rings is 1. The fourth-order valence-corrected chi connectivity index (χ4v) is 2.97. The fraction of sp³-hybridized carbons (Fsp3) is 0.0526. The highest BCUT2D eigenvalue weighted by molar-refractivity contribution is 7.99. The lowest BCUT2D eigenvalue weighted by Gasteiger charge is -2.05. The molecule has 0 fully saturated rings. The lowest BCUT2D eigenvalue weighted by atomic mass is 10.2. The van der Waals surface area contributed by atoms with Crippen LogP contribution in [0.1, 0.15) is 11.3 Å². The Labute approximate surface area is 156 Å². The number of hydrogen-bond donors (Lipinski definition) is 2. The molecule has 2 aromatic carbocycles. The molecular weight excluding hydrogens is 350 g/mol. The summed E-state index contributed by atoms with van der Waals surface area (Å²) in [7, 11) is 0. The van der Waals surface area contributed by atoms with Crippen LogP contribution in [-0.2, 0) is 0 Å². The molecule has 3 aromatic rings. The van der Waals surface area contributed by atoms with E-state index in [4.69, 9.17) is 16.6 Å². The summed E-state index contributed by atoms with van der Waals surface area (Å²) in [5, 5.41) is 8.37. The van der Waals surface area contributed by atoms with Crippen LogP contribution in [0, 0.1) is 6.92 Å². The van der Waals surface area contributed by atoms with Crippen molar-refractivity contribution in [1.82, 2.24) is 5.43 Å². The van der Waals surface area contributed by atoms with Crippen LogP contribution in [0.25, 0.3) is 0 Å². The van der Waals surface area contributed by atoms with Crippen molar-refractivity contribution in [2.75, 3.05) is 5.32 Å². The third kappa shape index (κ3) is 5.48. The fourth-order valence-electron chi connectivity index (χ4n) is 2.02. The van der Waals surface area contributed by atoms with E-state index in [1.54, 1.807) is 18.0 Å². The van der Waals surface area contributed by atoms with E-state index in [9.17, 15) is 0 Å². The predicted octanol–water partition coefficient (Wildman–Crippen LogP) is 5.06. The second-order valence-corrected chi connectivity index (χ2v) is 6.75. The molecule has 126 valence electrons. The van der Waals surface area contributed by atoms with Crippen LogP contribution >= 0.6 is 24.0 Å². The molecule has 3 rings (SSSR count). The molecule has 0 aliphatic heterocycles. The first-order chi connectivity index (χ1) is 12.2. The maximum atomic E-state index is 5.73. The van der Waals surface area contributed by atoms with Gasteiger partial charge in [0.2, 0.25) is 0 Å². The van der Waals surface area contributed by atoms with E-state index in [-0.39, 0.29) is 0 Å². The summed E-state index contributed by atoms with van der Waals surface area (Å²) in [4.78, 5) is 1.13. The van der Waals surface area contributed by atoms with Crippen molar-refractivity contribution in [3.8, 4) is 0 Å². The highest BCUT2D eigenvalue weighted by Crippen LogP contribution is 2.28. The lowest BCUT2D eigenvalue weighted by Crippen LogP contribution is -2.23. The topological polar surface area (TPSA) is 49.6 Å². The molecule has 0 unspecified atom stereocenters. The van der Waals surface area contributed by atoms with Crippen LogP contribution in [0.4, 0.5) is 5.69 Å². The highest BCUT2D eigenvalue weighted by atomic mass is 32.2. The molecule has 0 amide bonds. The van der Waals surface area contributed by atoms with Gasteiger partial charge in [0.1, 0.15) is 5.76 Å². The summed E-state index contributed by atoms with van der Waals surface area (Å²) in [6.07, 6.45) is 1.60. The highest BCUT2D eigenvalue weighted by Gasteiger charge is 2.03. The standard InChI is InChI=1S/C19H17N3OS2/c1-14-7-10-17(11-8-14)25-18-12-9-16(23-18)13-20-22-19(24)21-15-5-3-2-4-6-15/h2-13H,1H3,(H2,21,22,24)/b20-13-. The van der Waals surface area contributed by atoms with Crippen LogP contribution in [0.15, 0.2) is 86.2 Å². The third-order valence-electron chi connectivity index (χ3n) is 3.23. The Kier molecular flexibility index (Phi) is 5.87. The zero-order chi connectivity index (χ0) is 17.5. The third-order valence-corrected chi connectivity index (χ3v) is 4.35. The molecule has 0 saturated heterocycles. The van der Waals surface area contributed by atoms with Crippen LogP contribution in [0.5, 0.6) is 0 Å². The molecule has 0 aliphatic rings. The molecule has 1 aromatic heterocycles. The summed E-state index contributed by atoms with van der Waals surface area (Å²) in [5.41, 5.74) is 4.91. The minimum atomic E-state index is 0.420. The number of nitrogens with one attached hydrogen (secondary N) is 2. The number of rotatable bonds is 5. The zero-order valence-corrected chi connectivity index (χ0v) is 15.2. The molecule has 0 atom stereocenters. The van der Waals surface area contributed by atoms with Gasteiger partial charge in [-0.1, -0.05) is 47.7 Å². The average molecular weight is 367 g/mol. The number of thiocarbonyl (C=S) groups is 1. The largest absolute Gasteiger partial charge is 0.448 e. The van der Waals surface area contributed by atoms with Gasteiger partial charge in [-0.15, -0.1) is 0 Å². The number of nitrogens with zero attached hydrogens (tertiary/aromatic N) is 1. The van der Waals surface area contributed by atoms with Crippen molar-refractivity contribution >= 4 is 41.0 Å². The summed E-state index contributed by atoms with van der Waals surface area (Å²) in [6.45, 7) is 2.07. The Morgan fingerprint density at radius 1 is 1.04 bits per heavy atom. The molecule has 0 spiro atoms. The number of para-hydroxylation sites is 1. The normalized spacial score (nSPS) is 10.8. The van der Waals surface area contributed by atoms with Crippen molar-refractivity contribution in [3.05, 3.63) is 78.1 Å². The first-order valence-corrected chi connectivity index (χ1v) is 8.91. The quantitative estimate of drug-likeness (QED) is 0.375. The van der Waals surface area contributed by atoms with Crippen LogP contribution < -0.4 is 10.7 Å². The molecule has 0 aliphatic carbocycles. The number of hydrazone groups is 1. The smallest absolute Gasteiger partial charge is 0.191 e. The van der Waals surface area contributed by atoms with Gasteiger partial charge in [-0.3, -0.25) is 5.43 Å². The van der Waals surface area contributed by atoms with Crippen molar-refractivity contribution < 1.29 is 4.42 Å². The Morgan fingerprint density at radius 2 is 1.80 bits per heavy atom. The first kappa shape index (κ1) is 17.3.